The van der Waals surface area contributed by atoms with Crippen LogP contribution in [0.3, 0.4) is 0 Å². The fourth-order valence-electron chi connectivity index (χ4n) is 4.25. The molecule has 8 nitrogen and oxygen atoms in total. The lowest BCUT2D eigenvalue weighted by Gasteiger charge is -2.31. The van der Waals surface area contributed by atoms with Gasteiger partial charge in [0.05, 0.1) is 23.9 Å². The Hall–Kier alpha value is -3.39. The molecule has 0 saturated heterocycles. The van der Waals surface area contributed by atoms with Gasteiger partial charge in [-0.25, -0.2) is 9.97 Å². The number of rotatable bonds is 9. The quantitative estimate of drug-likeness (QED) is 0.340. The summed E-state index contributed by atoms with van der Waals surface area (Å²) < 4.78 is 1.57. The minimum Gasteiger partial charge on any atom is -0.389 e. The average molecular weight is 447 g/mol. The second kappa shape index (κ2) is 8.51. The van der Waals surface area contributed by atoms with Gasteiger partial charge in [0.2, 0.25) is 5.95 Å². The van der Waals surface area contributed by atoms with Crippen LogP contribution in [0.25, 0.3) is 11.1 Å². The second-order valence-corrected chi connectivity index (χ2v) is 9.70. The van der Waals surface area contributed by atoms with Crippen molar-refractivity contribution in [2.45, 2.75) is 57.6 Å². The number of aliphatic hydroxyl groups is 1. The molecule has 1 atom stereocenters. The van der Waals surface area contributed by atoms with Crippen molar-refractivity contribution in [2.75, 3.05) is 5.73 Å². The summed E-state index contributed by atoms with van der Waals surface area (Å²) in [4.78, 5) is 21.0. The third-order valence-corrected chi connectivity index (χ3v) is 6.35. The van der Waals surface area contributed by atoms with E-state index in [-0.39, 0.29) is 18.2 Å². The van der Waals surface area contributed by atoms with E-state index in [2.05, 4.69) is 22.0 Å². The fraction of sp³-hybridized carbons (Fsp3) is 0.400. The summed E-state index contributed by atoms with van der Waals surface area (Å²) in [5, 5.41) is 23.1. The van der Waals surface area contributed by atoms with E-state index in [1.807, 2.05) is 24.3 Å². The summed E-state index contributed by atoms with van der Waals surface area (Å²) in [7, 11) is 0. The first-order valence-corrected chi connectivity index (χ1v) is 11.1. The molecule has 2 aromatic heterocycles. The molecule has 0 bridgehead atoms. The third-order valence-electron chi connectivity index (χ3n) is 6.35. The Balaban J connectivity index is 1.52. The van der Waals surface area contributed by atoms with E-state index in [4.69, 9.17) is 11.1 Å². The number of nitrogens with zero attached hydrogens (tertiary/aromatic N) is 4. The SMILES string of the molecule is CC(C)(O)Cn1cc(C(=O)CC(=N)C(C)(c2ccc(-c3cnc(N)nc3)cc2)C2CC2)cn1. The number of benzene rings is 1. The zero-order chi connectivity index (χ0) is 23.8. The van der Waals surface area contributed by atoms with Crippen LogP contribution >= 0.6 is 0 Å². The summed E-state index contributed by atoms with van der Waals surface area (Å²) in [6, 6.07) is 8.07. The number of ketones is 1. The highest BCUT2D eigenvalue weighted by Gasteiger charge is 2.46. The van der Waals surface area contributed by atoms with E-state index in [1.165, 1.54) is 6.20 Å². The van der Waals surface area contributed by atoms with Crippen molar-refractivity contribution in [3.05, 3.63) is 60.2 Å². The highest BCUT2D eigenvalue weighted by Crippen LogP contribution is 2.48. The molecule has 1 unspecified atom stereocenters. The van der Waals surface area contributed by atoms with Gasteiger partial charge in [0, 0.05) is 41.7 Å². The van der Waals surface area contributed by atoms with Crippen LogP contribution in [0.15, 0.2) is 49.1 Å². The van der Waals surface area contributed by atoms with Gasteiger partial charge < -0.3 is 16.2 Å². The first-order chi connectivity index (χ1) is 15.6. The van der Waals surface area contributed by atoms with Gasteiger partial charge in [0.15, 0.2) is 5.78 Å². The number of carbonyl (C=O) groups is 1. The predicted molar refractivity (Wildman–Crippen MR) is 127 cm³/mol. The van der Waals surface area contributed by atoms with Gasteiger partial charge in [0.25, 0.3) is 0 Å². The molecule has 1 aliphatic carbocycles. The van der Waals surface area contributed by atoms with Crippen molar-refractivity contribution in [3.63, 3.8) is 0 Å². The van der Waals surface area contributed by atoms with Gasteiger partial charge in [-0.2, -0.15) is 5.10 Å². The first-order valence-electron chi connectivity index (χ1n) is 11.1. The van der Waals surface area contributed by atoms with Gasteiger partial charge in [-0.3, -0.25) is 9.48 Å². The van der Waals surface area contributed by atoms with E-state index in [0.29, 0.717) is 23.7 Å². The number of hydrogen-bond acceptors (Lipinski definition) is 7. The summed E-state index contributed by atoms with van der Waals surface area (Å²) >= 11 is 0. The number of anilines is 1. The summed E-state index contributed by atoms with van der Waals surface area (Å²) in [5.74, 6) is 0.450. The summed E-state index contributed by atoms with van der Waals surface area (Å²) in [5.41, 5.74) is 7.89. The minimum absolute atomic E-state index is 0.0365. The van der Waals surface area contributed by atoms with Gasteiger partial charge >= 0.3 is 0 Å². The molecule has 1 aromatic carbocycles. The van der Waals surface area contributed by atoms with Crippen molar-refractivity contribution >= 4 is 17.4 Å². The Bertz CT molecular complexity index is 1160. The van der Waals surface area contributed by atoms with Gasteiger partial charge in [-0.15, -0.1) is 0 Å². The highest BCUT2D eigenvalue weighted by atomic mass is 16.3. The molecule has 1 fully saturated rings. The van der Waals surface area contributed by atoms with E-state index in [1.54, 1.807) is 37.1 Å². The molecule has 33 heavy (non-hydrogen) atoms. The molecule has 0 radical (unpaired) electrons. The van der Waals surface area contributed by atoms with Crippen LogP contribution in [0.4, 0.5) is 5.95 Å². The van der Waals surface area contributed by atoms with E-state index in [0.717, 1.165) is 29.5 Å². The smallest absolute Gasteiger partial charge is 0.219 e. The number of nitrogens with two attached hydrogens (primary N) is 1. The molecule has 2 heterocycles. The van der Waals surface area contributed by atoms with E-state index < -0.39 is 11.0 Å². The number of aromatic nitrogens is 4. The van der Waals surface area contributed by atoms with Gasteiger partial charge in [0.1, 0.15) is 0 Å². The second-order valence-electron chi connectivity index (χ2n) is 9.70. The Kier molecular flexibility index (Phi) is 5.88. The van der Waals surface area contributed by atoms with Crippen LogP contribution in [0.2, 0.25) is 0 Å². The van der Waals surface area contributed by atoms with Crippen molar-refractivity contribution in [2.24, 2.45) is 5.92 Å². The zero-order valence-corrected chi connectivity index (χ0v) is 19.2. The number of carbonyl (C=O) groups excluding carboxylic acids is 1. The van der Waals surface area contributed by atoms with Crippen LogP contribution in [0.1, 0.15) is 56.0 Å². The topological polar surface area (TPSA) is 131 Å². The van der Waals surface area contributed by atoms with Crippen LogP contribution in [-0.4, -0.2) is 42.0 Å². The van der Waals surface area contributed by atoms with Gasteiger partial charge in [-0.05, 0) is 50.7 Å². The maximum absolute atomic E-state index is 12.9. The van der Waals surface area contributed by atoms with Crippen molar-refractivity contribution < 1.29 is 9.90 Å². The molecule has 4 N–H and O–H groups in total. The third kappa shape index (κ3) is 5.01. The number of hydrogen-bond donors (Lipinski definition) is 3. The average Bonchev–Trinajstić information content (AvgIpc) is 3.52. The standard InChI is InChI=1S/C25H30N6O2/c1-24(2,33)15-31-14-18(13-30-31)21(32)10-22(26)25(3,20-8-9-20)19-6-4-16(5-7-19)17-11-28-23(27)29-12-17/h4-7,11-14,20,26,33H,8-10,15H2,1-3H3,(H2,27,28,29). The Morgan fingerprint density at radius 3 is 2.33 bits per heavy atom. The van der Waals surface area contributed by atoms with E-state index >= 15 is 0 Å². The van der Waals surface area contributed by atoms with Gasteiger partial charge in [-0.1, -0.05) is 24.3 Å². The normalized spacial score (nSPS) is 15.8. The van der Waals surface area contributed by atoms with Crippen LogP contribution in [-0.2, 0) is 12.0 Å². The molecule has 172 valence electrons. The lowest BCUT2D eigenvalue weighted by atomic mass is 9.72. The lowest BCUT2D eigenvalue weighted by Crippen LogP contribution is -2.36. The van der Waals surface area contributed by atoms with E-state index in [9.17, 15) is 9.90 Å². The van der Waals surface area contributed by atoms with Crippen molar-refractivity contribution in [1.29, 1.82) is 5.41 Å². The molecule has 4 rings (SSSR count). The number of Topliss-reactive ketones (excluding diaryl/α,β-unsaturated/α-hetero) is 1. The molecule has 0 spiro atoms. The van der Waals surface area contributed by atoms with Crippen molar-refractivity contribution in [1.82, 2.24) is 19.7 Å². The maximum Gasteiger partial charge on any atom is 0.219 e. The van der Waals surface area contributed by atoms with Crippen molar-refractivity contribution in [3.8, 4) is 11.1 Å². The zero-order valence-electron chi connectivity index (χ0n) is 19.2. The Labute approximate surface area is 193 Å². The molecule has 1 aliphatic rings. The largest absolute Gasteiger partial charge is 0.389 e. The number of nitrogen functional groups attached to an aromatic ring is 1. The Morgan fingerprint density at radius 2 is 1.76 bits per heavy atom. The molecule has 1 saturated carbocycles. The maximum atomic E-state index is 12.9. The van der Waals surface area contributed by atoms with Crippen LogP contribution in [0.5, 0.6) is 0 Å². The lowest BCUT2D eigenvalue weighted by molar-refractivity contribution is 0.0576. The molecule has 3 aromatic rings. The van der Waals surface area contributed by atoms with Crippen LogP contribution in [0, 0.1) is 11.3 Å². The number of nitrogens with one attached hydrogen (secondary N) is 1. The molecule has 8 heteroatoms. The van der Waals surface area contributed by atoms with Crippen LogP contribution < -0.4 is 5.73 Å². The summed E-state index contributed by atoms with van der Waals surface area (Å²) in [6.07, 6.45) is 8.67. The molecular formula is C25H30N6O2. The predicted octanol–water partition coefficient (Wildman–Crippen LogP) is 3.65. The fourth-order valence-corrected chi connectivity index (χ4v) is 4.25. The molecule has 0 aliphatic heterocycles. The highest BCUT2D eigenvalue weighted by molar-refractivity contribution is 6.12. The monoisotopic (exact) mass is 446 g/mol. The molecule has 0 amide bonds. The minimum atomic E-state index is -0.922. The summed E-state index contributed by atoms with van der Waals surface area (Å²) in [6.45, 7) is 5.75. The molecular weight excluding hydrogens is 416 g/mol. The Morgan fingerprint density at radius 1 is 1.12 bits per heavy atom. The first kappa shape index (κ1) is 22.8.